The number of carbonyl (C=O) groups is 1. The number of benzene rings is 1. The molecular weight excluding hydrogens is 405 g/mol. The molecule has 1 aliphatic carbocycles. The summed E-state index contributed by atoms with van der Waals surface area (Å²) in [4.78, 5) is 13.8. The van der Waals surface area contributed by atoms with Crippen molar-refractivity contribution in [3.63, 3.8) is 0 Å². The van der Waals surface area contributed by atoms with Gasteiger partial charge in [-0.1, -0.05) is 37.5 Å². The van der Waals surface area contributed by atoms with Gasteiger partial charge in [-0.05, 0) is 59.9 Å². The van der Waals surface area contributed by atoms with Gasteiger partial charge in [0, 0.05) is 23.3 Å². The summed E-state index contributed by atoms with van der Waals surface area (Å²) in [6, 6.07) is 8.19. The van der Waals surface area contributed by atoms with Crippen molar-refractivity contribution in [1.82, 2.24) is 4.90 Å². The van der Waals surface area contributed by atoms with Crippen LogP contribution < -0.4 is 0 Å². The van der Waals surface area contributed by atoms with Crippen LogP contribution in [0, 0.1) is 3.57 Å². The minimum absolute atomic E-state index is 0.0844. The Kier molecular flexibility index (Phi) is 7.62. The van der Waals surface area contributed by atoms with Gasteiger partial charge in [-0.15, -0.1) is 0 Å². The van der Waals surface area contributed by atoms with Crippen molar-refractivity contribution in [2.75, 3.05) is 13.7 Å². The minimum Gasteiger partial charge on any atom is -0.465 e. The smallest absolute Gasteiger partial charge is 0.408 e. The standard InChI is InChI=1S/C18H26INO3/c1-23-13-7-12-17(15-10-5-6-11-16(15)19)20(18(21)22)14-8-3-2-4-9-14/h5-6,10-11,14,17H,2-4,7-9,12-13H2,1H3,(H,21,22)/t17-/m0/s1. The van der Waals surface area contributed by atoms with Crippen molar-refractivity contribution in [3.05, 3.63) is 33.4 Å². The van der Waals surface area contributed by atoms with Gasteiger partial charge in [0.1, 0.15) is 0 Å². The zero-order chi connectivity index (χ0) is 16.7. The first-order chi connectivity index (χ1) is 11.1. The van der Waals surface area contributed by atoms with Crippen LogP contribution in [0.25, 0.3) is 0 Å². The van der Waals surface area contributed by atoms with Gasteiger partial charge in [-0.2, -0.15) is 0 Å². The van der Waals surface area contributed by atoms with Gasteiger partial charge < -0.3 is 9.84 Å². The molecule has 2 rings (SSSR count). The van der Waals surface area contributed by atoms with Gasteiger partial charge in [0.25, 0.3) is 0 Å². The van der Waals surface area contributed by atoms with Crippen molar-refractivity contribution < 1.29 is 14.6 Å². The van der Waals surface area contributed by atoms with Gasteiger partial charge in [-0.3, -0.25) is 4.90 Å². The number of hydrogen-bond donors (Lipinski definition) is 1. The fraction of sp³-hybridized carbons (Fsp3) is 0.611. The van der Waals surface area contributed by atoms with Crippen molar-refractivity contribution >= 4 is 28.7 Å². The Balaban J connectivity index is 2.28. The van der Waals surface area contributed by atoms with Gasteiger partial charge in [0.15, 0.2) is 0 Å². The van der Waals surface area contributed by atoms with E-state index in [1.54, 1.807) is 12.0 Å². The lowest BCUT2D eigenvalue weighted by molar-refractivity contribution is 0.0756. The van der Waals surface area contributed by atoms with Crippen molar-refractivity contribution in [2.24, 2.45) is 0 Å². The van der Waals surface area contributed by atoms with Gasteiger partial charge in [-0.25, -0.2) is 4.79 Å². The van der Waals surface area contributed by atoms with Crippen molar-refractivity contribution in [2.45, 2.75) is 57.0 Å². The van der Waals surface area contributed by atoms with E-state index in [0.29, 0.717) is 6.61 Å². The molecule has 0 heterocycles. The van der Waals surface area contributed by atoms with E-state index in [9.17, 15) is 9.90 Å². The SMILES string of the molecule is COCCC[C@@H](c1ccccc1I)N(C(=O)O)C1CCCCC1. The maximum absolute atomic E-state index is 12.0. The van der Waals surface area contributed by atoms with Gasteiger partial charge in [0.05, 0.1) is 6.04 Å². The van der Waals surface area contributed by atoms with Crippen LogP contribution in [0.4, 0.5) is 4.79 Å². The molecule has 0 spiro atoms. The molecule has 4 nitrogen and oxygen atoms in total. The highest BCUT2D eigenvalue weighted by Gasteiger charge is 2.33. The van der Waals surface area contributed by atoms with Crippen LogP contribution in [0.15, 0.2) is 24.3 Å². The first-order valence-corrected chi connectivity index (χ1v) is 9.47. The Morgan fingerprint density at radius 3 is 2.65 bits per heavy atom. The van der Waals surface area contributed by atoms with E-state index >= 15 is 0 Å². The molecule has 0 bridgehead atoms. The summed E-state index contributed by atoms with van der Waals surface area (Å²) in [6.07, 6.45) is 6.32. The quantitative estimate of drug-likeness (QED) is 0.485. The lowest BCUT2D eigenvalue weighted by atomic mass is 9.91. The lowest BCUT2D eigenvalue weighted by Crippen LogP contribution is -2.43. The van der Waals surface area contributed by atoms with E-state index < -0.39 is 6.09 Å². The van der Waals surface area contributed by atoms with Gasteiger partial charge in [0.2, 0.25) is 0 Å². The molecule has 23 heavy (non-hydrogen) atoms. The molecule has 1 aromatic carbocycles. The Labute approximate surface area is 152 Å². The number of methoxy groups -OCH3 is 1. The predicted molar refractivity (Wildman–Crippen MR) is 99.7 cm³/mol. The molecule has 0 aliphatic heterocycles. The predicted octanol–water partition coefficient (Wildman–Crippen LogP) is 5.07. The molecule has 0 unspecified atom stereocenters. The molecule has 1 atom stereocenters. The minimum atomic E-state index is -0.793. The third-order valence-electron chi connectivity index (χ3n) is 4.61. The Morgan fingerprint density at radius 2 is 2.04 bits per heavy atom. The summed E-state index contributed by atoms with van der Waals surface area (Å²) in [5.74, 6) is 0. The monoisotopic (exact) mass is 431 g/mol. The Morgan fingerprint density at radius 1 is 1.35 bits per heavy atom. The number of ether oxygens (including phenoxy) is 1. The largest absolute Gasteiger partial charge is 0.465 e. The molecule has 5 heteroatoms. The molecule has 1 aliphatic rings. The second kappa shape index (κ2) is 9.47. The first kappa shape index (κ1) is 18.5. The average molecular weight is 431 g/mol. The molecule has 1 amide bonds. The number of halogens is 1. The summed E-state index contributed by atoms with van der Waals surface area (Å²) in [7, 11) is 1.69. The summed E-state index contributed by atoms with van der Waals surface area (Å²) in [6.45, 7) is 0.665. The first-order valence-electron chi connectivity index (χ1n) is 8.39. The molecule has 0 aromatic heterocycles. The summed E-state index contributed by atoms with van der Waals surface area (Å²) >= 11 is 2.31. The van der Waals surface area contributed by atoms with E-state index in [2.05, 4.69) is 34.7 Å². The Bertz CT molecular complexity index is 503. The second-order valence-corrected chi connectivity index (χ2v) is 7.32. The number of rotatable bonds is 7. The van der Waals surface area contributed by atoms with Crippen molar-refractivity contribution in [3.8, 4) is 0 Å². The highest BCUT2D eigenvalue weighted by atomic mass is 127. The Hall–Kier alpha value is -0.820. The summed E-state index contributed by atoms with van der Waals surface area (Å²) in [5.41, 5.74) is 1.12. The van der Waals surface area contributed by atoms with Crippen LogP contribution >= 0.6 is 22.6 Å². The number of hydrogen-bond acceptors (Lipinski definition) is 2. The van der Waals surface area contributed by atoms with Crippen molar-refractivity contribution in [1.29, 1.82) is 0 Å². The third kappa shape index (κ3) is 5.08. The fourth-order valence-corrected chi connectivity index (χ4v) is 4.26. The molecule has 128 valence electrons. The highest BCUT2D eigenvalue weighted by molar-refractivity contribution is 14.1. The topological polar surface area (TPSA) is 49.8 Å². The normalized spacial score (nSPS) is 17.0. The molecule has 0 saturated heterocycles. The molecule has 1 N–H and O–H groups in total. The maximum Gasteiger partial charge on any atom is 0.408 e. The van der Waals surface area contributed by atoms with E-state index in [-0.39, 0.29) is 12.1 Å². The molecule has 1 fully saturated rings. The van der Waals surface area contributed by atoms with Crippen LogP contribution in [0.2, 0.25) is 0 Å². The average Bonchev–Trinajstić information content (AvgIpc) is 2.55. The molecule has 0 radical (unpaired) electrons. The maximum atomic E-state index is 12.0. The van der Waals surface area contributed by atoms with Crippen LogP contribution in [-0.2, 0) is 4.74 Å². The van der Waals surface area contributed by atoms with Gasteiger partial charge >= 0.3 is 6.09 Å². The van der Waals surface area contributed by atoms with Crippen LogP contribution in [-0.4, -0.2) is 35.9 Å². The van der Waals surface area contributed by atoms with Crippen LogP contribution in [0.5, 0.6) is 0 Å². The van der Waals surface area contributed by atoms with E-state index in [4.69, 9.17) is 4.74 Å². The van der Waals surface area contributed by atoms with E-state index in [1.807, 2.05) is 12.1 Å². The summed E-state index contributed by atoms with van der Waals surface area (Å²) < 4.78 is 6.31. The third-order valence-corrected chi connectivity index (χ3v) is 5.60. The molecule has 1 aromatic rings. The lowest BCUT2D eigenvalue weighted by Gasteiger charge is -2.38. The fourth-order valence-electron chi connectivity index (χ4n) is 3.51. The number of amides is 1. The van der Waals surface area contributed by atoms with E-state index in [0.717, 1.165) is 47.7 Å². The van der Waals surface area contributed by atoms with E-state index in [1.165, 1.54) is 6.42 Å². The zero-order valence-corrected chi connectivity index (χ0v) is 15.9. The van der Waals surface area contributed by atoms with Crippen LogP contribution in [0.3, 0.4) is 0 Å². The number of carboxylic acid groups (broad SMARTS) is 1. The summed E-state index contributed by atoms with van der Waals surface area (Å²) in [5, 5.41) is 9.90. The van der Waals surface area contributed by atoms with Crippen LogP contribution in [0.1, 0.15) is 56.6 Å². The second-order valence-electron chi connectivity index (χ2n) is 6.15. The zero-order valence-electron chi connectivity index (χ0n) is 13.7. The number of nitrogens with zero attached hydrogens (tertiary/aromatic N) is 1. The highest BCUT2D eigenvalue weighted by Crippen LogP contribution is 2.35. The molecular formula is C18H26INO3. The molecule has 1 saturated carbocycles.